The molecule has 0 atom stereocenters. The molecule has 0 aliphatic rings. The molecular weight excluding hydrogens is 330 g/mol. The highest BCUT2D eigenvalue weighted by Crippen LogP contribution is 2.03. The number of nitrogens with zero attached hydrogens (tertiary/aromatic N) is 1. The van der Waals surface area contributed by atoms with Gasteiger partial charge in [-0.05, 0) is 12.1 Å². The minimum atomic E-state index is -3.50. The number of rotatable bonds is 6. The van der Waals surface area contributed by atoms with Crippen LogP contribution in [0.5, 0.6) is 0 Å². The molecule has 0 aliphatic heterocycles. The smallest absolute Gasteiger partial charge is 0.422 e. The Kier molecular flexibility index (Phi) is 12.0. The van der Waals surface area contributed by atoms with Crippen LogP contribution in [0.2, 0.25) is 0 Å². The molecule has 0 radical (unpaired) electrons. The first-order valence-electron chi connectivity index (χ1n) is 5.86. The number of halogens is 1. The van der Waals surface area contributed by atoms with Crippen LogP contribution in [0.1, 0.15) is 0 Å². The molecular formula is C13H20ClN3O4S. The lowest BCUT2D eigenvalue weighted by atomic mass is 10.4. The maximum Gasteiger partial charge on any atom is 0.422 e. The number of hydrogen-bond donors (Lipinski definition) is 3. The van der Waals surface area contributed by atoms with Crippen LogP contribution < -0.4 is 10.6 Å². The standard InChI is InChI=1S/C7H12N2O2.C6H7NO2S.ClH/c1-3-5-8-9(6-4-2)7(10)11;7-10(8,9)6-4-2-1-3-5-6;/h3-4,8H,1-2,5-6H2,(H,10,11);1-5H,(H2,7,8,9);1H. The van der Waals surface area contributed by atoms with Gasteiger partial charge in [-0.25, -0.2) is 28.8 Å². The van der Waals surface area contributed by atoms with E-state index in [9.17, 15) is 13.2 Å². The molecule has 0 aromatic heterocycles. The molecule has 0 heterocycles. The minimum absolute atomic E-state index is 0. The van der Waals surface area contributed by atoms with E-state index in [0.29, 0.717) is 6.54 Å². The number of primary sulfonamides is 1. The van der Waals surface area contributed by atoms with Crippen LogP contribution in [0.15, 0.2) is 60.5 Å². The number of hydrazine groups is 1. The average molecular weight is 350 g/mol. The minimum Gasteiger partial charge on any atom is -0.464 e. The number of nitrogens with two attached hydrogens (primary N) is 1. The number of carboxylic acid groups (broad SMARTS) is 1. The SMILES string of the molecule is C=CCNN(CC=C)C(=O)O.Cl.NS(=O)(=O)c1ccccc1. The lowest BCUT2D eigenvalue weighted by Gasteiger charge is -2.16. The van der Waals surface area contributed by atoms with Crippen molar-refractivity contribution in [3.8, 4) is 0 Å². The monoisotopic (exact) mass is 349 g/mol. The summed E-state index contributed by atoms with van der Waals surface area (Å²) in [4.78, 5) is 10.5. The van der Waals surface area contributed by atoms with Crippen LogP contribution >= 0.6 is 12.4 Å². The Balaban J connectivity index is 0. The van der Waals surface area contributed by atoms with Gasteiger partial charge in [0.25, 0.3) is 0 Å². The summed E-state index contributed by atoms with van der Waals surface area (Å²) in [6, 6.07) is 7.89. The molecule has 0 saturated carbocycles. The first kappa shape index (κ1) is 22.4. The highest BCUT2D eigenvalue weighted by molar-refractivity contribution is 7.89. The van der Waals surface area contributed by atoms with Crippen molar-refractivity contribution >= 4 is 28.5 Å². The van der Waals surface area contributed by atoms with Gasteiger partial charge in [-0.1, -0.05) is 30.4 Å². The van der Waals surface area contributed by atoms with Crippen molar-refractivity contribution in [2.45, 2.75) is 4.90 Å². The van der Waals surface area contributed by atoms with Crippen LogP contribution in [0.4, 0.5) is 4.79 Å². The van der Waals surface area contributed by atoms with Crippen molar-refractivity contribution in [2.75, 3.05) is 13.1 Å². The van der Waals surface area contributed by atoms with E-state index in [4.69, 9.17) is 10.2 Å². The Morgan fingerprint density at radius 2 is 1.82 bits per heavy atom. The van der Waals surface area contributed by atoms with E-state index in [2.05, 4.69) is 18.6 Å². The van der Waals surface area contributed by atoms with E-state index in [1.165, 1.54) is 18.2 Å². The summed E-state index contributed by atoms with van der Waals surface area (Å²) in [6.07, 6.45) is 2.07. The second-order valence-electron chi connectivity index (χ2n) is 3.69. The fraction of sp³-hybridized carbons (Fsp3) is 0.154. The van der Waals surface area contributed by atoms with Gasteiger partial charge >= 0.3 is 6.09 Å². The van der Waals surface area contributed by atoms with E-state index in [-0.39, 0.29) is 23.8 Å². The van der Waals surface area contributed by atoms with Crippen molar-refractivity contribution in [2.24, 2.45) is 5.14 Å². The predicted octanol–water partition coefficient (Wildman–Crippen LogP) is 1.60. The predicted molar refractivity (Wildman–Crippen MR) is 88.2 cm³/mol. The molecule has 7 nitrogen and oxygen atoms in total. The van der Waals surface area contributed by atoms with Crippen molar-refractivity contribution in [1.82, 2.24) is 10.4 Å². The van der Waals surface area contributed by atoms with Crippen LogP contribution in [-0.2, 0) is 10.0 Å². The lowest BCUT2D eigenvalue weighted by molar-refractivity contribution is 0.130. The highest BCUT2D eigenvalue weighted by Gasteiger charge is 2.06. The summed E-state index contributed by atoms with van der Waals surface area (Å²) in [5.41, 5.74) is 2.61. The summed E-state index contributed by atoms with van der Waals surface area (Å²) in [5, 5.41) is 14.4. The van der Waals surface area contributed by atoms with Gasteiger partial charge in [0, 0.05) is 6.54 Å². The van der Waals surface area contributed by atoms with E-state index in [1.807, 2.05) is 0 Å². The maximum absolute atomic E-state index is 10.6. The lowest BCUT2D eigenvalue weighted by Crippen LogP contribution is -2.42. The zero-order valence-electron chi connectivity index (χ0n) is 11.9. The Labute approximate surface area is 136 Å². The molecule has 0 unspecified atom stereocenters. The normalized spacial score (nSPS) is 9.50. The molecule has 0 aliphatic carbocycles. The molecule has 124 valence electrons. The van der Waals surface area contributed by atoms with Crippen LogP contribution in [0, 0.1) is 0 Å². The summed E-state index contributed by atoms with van der Waals surface area (Å²) in [7, 11) is -3.50. The van der Waals surface area contributed by atoms with Crippen LogP contribution in [0.25, 0.3) is 0 Å². The Morgan fingerprint density at radius 1 is 1.27 bits per heavy atom. The number of carbonyl (C=O) groups is 1. The van der Waals surface area contributed by atoms with E-state index >= 15 is 0 Å². The topological polar surface area (TPSA) is 113 Å². The number of nitrogens with one attached hydrogen (secondary N) is 1. The summed E-state index contributed by atoms with van der Waals surface area (Å²) in [6.45, 7) is 7.56. The fourth-order valence-corrected chi connectivity index (χ4v) is 1.66. The molecule has 1 amide bonds. The quantitative estimate of drug-likeness (QED) is 0.533. The van der Waals surface area contributed by atoms with Gasteiger partial charge < -0.3 is 5.11 Å². The van der Waals surface area contributed by atoms with Gasteiger partial charge in [-0.2, -0.15) is 0 Å². The maximum atomic E-state index is 10.6. The summed E-state index contributed by atoms with van der Waals surface area (Å²) in [5.74, 6) is 0. The third-order valence-electron chi connectivity index (χ3n) is 2.04. The van der Waals surface area contributed by atoms with Crippen LogP contribution in [-0.4, -0.2) is 37.7 Å². The Morgan fingerprint density at radius 3 is 2.14 bits per heavy atom. The van der Waals surface area contributed by atoms with Gasteiger partial charge in [-0.15, -0.1) is 25.6 Å². The second-order valence-corrected chi connectivity index (χ2v) is 5.25. The molecule has 0 fully saturated rings. The largest absolute Gasteiger partial charge is 0.464 e. The fourth-order valence-electron chi connectivity index (χ4n) is 1.12. The molecule has 1 rings (SSSR count). The van der Waals surface area contributed by atoms with E-state index in [1.54, 1.807) is 24.3 Å². The molecule has 0 bridgehead atoms. The summed E-state index contributed by atoms with van der Waals surface area (Å²) >= 11 is 0. The van der Waals surface area contributed by atoms with Gasteiger partial charge in [0.15, 0.2) is 0 Å². The zero-order valence-corrected chi connectivity index (χ0v) is 13.5. The molecule has 0 saturated heterocycles. The highest BCUT2D eigenvalue weighted by atomic mass is 35.5. The summed E-state index contributed by atoms with van der Waals surface area (Å²) < 4.78 is 21.2. The molecule has 9 heteroatoms. The number of hydrogen-bond acceptors (Lipinski definition) is 4. The molecule has 22 heavy (non-hydrogen) atoms. The van der Waals surface area contributed by atoms with Gasteiger partial charge in [0.1, 0.15) is 0 Å². The third kappa shape index (κ3) is 9.94. The zero-order chi connectivity index (χ0) is 16.3. The number of amides is 1. The van der Waals surface area contributed by atoms with E-state index < -0.39 is 16.1 Å². The third-order valence-corrected chi connectivity index (χ3v) is 2.97. The van der Waals surface area contributed by atoms with Gasteiger partial charge in [0.05, 0.1) is 11.4 Å². The Bertz CT molecular complexity index is 564. The first-order chi connectivity index (χ1) is 9.82. The number of sulfonamides is 1. The Hall–Kier alpha value is -1.87. The van der Waals surface area contributed by atoms with Crippen molar-refractivity contribution in [1.29, 1.82) is 0 Å². The molecule has 1 aromatic rings. The number of benzene rings is 1. The molecule has 4 N–H and O–H groups in total. The molecule has 0 spiro atoms. The first-order valence-corrected chi connectivity index (χ1v) is 7.41. The van der Waals surface area contributed by atoms with Crippen molar-refractivity contribution in [3.05, 3.63) is 55.6 Å². The van der Waals surface area contributed by atoms with Gasteiger partial charge in [-0.3, -0.25) is 0 Å². The van der Waals surface area contributed by atoms with Gasteiger partial charge in [0.2, 0.25) is 10.0 Å². The second kappa shape index (κ2) is 11.8. The van der Waals surface area contributed by atoms with Crippen molar-refractivity contribution in [3.63, 3.8) is 0 Å². The van der Waals surface area contributed by atoms with Crippen molar-refractivity contribution < 1.29 is 18.3 Å². The van der Waals surface area contributed by atoms with E-state index in [0.717, 1.165) is 5.01 Å². The molecule has 1 aromatic carbocycles. The average Bonchev–Trinajstić information content (AvgIpc) is 2.44. The van der Waals surface area contributed by atoms with Crippen LogP contribution in [0.3, 0.4) is 0 Å².